The molecule has 2 rings (SSSR count). The quantitative estimate of drug-likeness (QED) is 0.650. The van der Waals surface area contributed by atoms with Crippen molar-refractivity contribution >= 4 is 17.6 Å². The summed E-state index contributed by atoms with van der Waals surface area (Å²) in [6.45, 7) is 7.78. The Hall–Kier alpha value is -1.30. The molecule has 1 aromatic carbocycles. The van der Waals surface area contributed by atoms with E-state index in [1.165, 1.54) is 0 Å². The molecule has 134 valence electrons. The fourth-order valence-electron chi connectivity index (χ4n) is 2.92. The van der Waals surface area contributed by atoms with Gasteiger partial charge in [0.15, 0.2) is 5.96 Å². The van der Waals surface area contributed by atoms with Gasteiger partial charge in [0.1, 0.15) is 0 Å². The number of nitrogens with zero attached hydrogens (tertiary/aromatic N) is 4. The third-order valence-corrected chi connectivity index (χ3v) is 4.86. The normalized spacial score (nSPS) is 20.2. The first kappa shape index (κ1) is 19.0. The second kappa shape index (κ2) is 9.25. The van der Waals surface area contributed by atoms with Crippen molar-refractivity contribution in [3.63, 3.8) is 0 Å². The van der Waals surface area contributed by atoms with Crippen molar-refractivity contribution in [2.45, 2.75) is 19.5 Å². The molecule has 0 radical (unpaired) electrons. The van der Waals surface area contributed by atoms with Gasteiger partial charge < -0.3 is 15.1 Å². The summed E-state index contributed by atoms with van der Waals surface area (Å²) in [6.07, 6.45) is 0. The van der Waals surface area contributed by atoms with Crippen LogP contribution in [0.2, 0.25) is 5.02 Å². The van der Waals surface area contributed by atoms with E-state index < -0.39 is 0 Å². The monoisotopic (exact) mass is 351 g/mol. The number of piperazine rings is 1. The van der Waals surface area contributed by atoms with Gasteiger partial charge >= 0.3 is 0 Å². The van der Waals surface area contributed by atoms with Crippen molar-refractivity contribution in [2.75, 3.05) is 53.9 Å². The summed E-state index contributed by atoms with van der Waals surface area (Å²) in [5.41, 5.74) is 1.11. The van der Waals surface area contributed by atoms with Crippen LogP contribution in [-0.4, -0.2) is 80.6 Å². The Balaban J connectivity index is 2.02. The number of hydrogen-bond donors (Lipinski definition) is 1. The van der Waals surface area contributed by atoms with Gasteiger partial charge in [0, 0.05) is 50.8 Å². The lowest BCUT2D eigenvalue weighted by Gasteiger charge is -2.37. The van der Waals surface area contributed by atoms with Gasteiger partial charge in [0.25, 0.3) is 0 Å². The largest absolute Gasteiger partial charge is 0.357 e. The van der Waals surface area contributed by atoms with E-state index in [-0.39, 0.29) is 0 Å². The lowest BCUT2D eigenvalue weighted by Crippen LogP contribution is -2.51. The molecule has 1 atom stereocenters. The molecular weight excluding hydrogens is 322 g/mol. The van der Waals surface area contributed by atoms with Crippen LogP contribution in [0.4, 0.5) is 0 Å². The Labute approximate surface area is 151 Å². The zero-order chi connectivity index (χ0) is 17.5. The van der Waals surface area contributed by atoms with E-state index in [0.717, 1.165) is 55.8 Å². The average molecular weight is 352 g/mol. The highest BCUT2D eigenvalue weighted by molar-refractivity contribution is 6.31. The zero-order valence-electron chi connectivity index (χ0n) is 15.3. The second-order valence-corrected chi connectivity index (χ2v) is 6.95. The second-order valence-electron chi connectivity index (χ2n) is 6.54. The highest BCUT2D eigenvalue weighted by Crippen LogP contribution is 2.16. The Bertz CT molecular complexity index is 548. The van der Waals surface area contributed by atoms with Crippen LogP contribution in [0.5, 0.6) is 0 Å². The Morgan fingerprint density at radius 1 is 1.33 bits per heavy atom. The highest BCUT2D eigenvalue weighted by Gasteiger charge is 2.22. The molecular formula is C18H30ClN5. The minimum absolute atomic E-state index is 0.464. The molecule has 1 unspecified atom stereocenters. The maximum absolute atomic E-state index is 6.28. The number of halogens is 1. The standard InChI is InChI=1S/C18H30ClN5/c1-5-20-18(21-12-16-14-22(2)10-11-23(16)3)24(4)13-15-8-6-7-9-17(15)19/h6-9,16H,5,10-14H2,1-4H3,(H,20,21). The molecule has 0 bridgehead atoms. The number of nitrogens with one attached hydrogen (secondary N) is 1. The molecule has 0 amide bonds. The maximum Gasteiger partial charge on any atom is 0.194 e. The molecule has 1 saturated heterocycles. The van der Waals surface area contributed by atoms with E-state index in [2.05, 4.69) is 54.1 Å². The SMILES string of the molecule is CCNC(=NCC1CN(C)CCN1C)N(C)Cc1ccccc1Cl. The first-order valence-electron chi connectivity index (χ1n) is 8.63. The third-order valence-electron chi connectivity index (χ3n) is 4.49. The molecule has 6 heteroatoms. The average Bonchev–Trinajstić information content (AvgIpc) is 2.56. The number of benzene rings is 1. The predicted molar refractivity (Wildman–Crippen MR) is 103 cm³/mol. The third kappa shape index (κ3) is 5.36. The van der Waals surface area contributed by atoms with Crippen LogP contribution in [-0.2, 0) is 6.54 Å². The Morgan fingerprint density at radius 2 is 2.08 bits per heavy atom. The number of aliphatic imine (C=N–C) groups is 1. The molecule has 1 heterocycles. The summed E-state index contributed by atoms with van der Waals surface area (Å²) in [5.74, 6) is 0.930. The highest BCUT2D eigenvalue weighted by atomic mass is 35.5. The van der Waals surface area contributed by atoms with Gasteiger partial charge in [-0.2, -0.15) is 0 Å². The summed E-state index contributed by atoms with van der Waals surface area (Å²) in [5, 5.41) is 4.19. The molecule has 1 aliphatic heterocycles. The van der Waals surface area contributed by atoms with Crippen LogP contribution >= 0.6 is 11.6 Å². The van der Waals surface area contributed by atoms with E-state index in [1.807, 2.05) is 18.2 Å². The van der Waals surface area contributed by atoms with Crippen LogP contribution in [0.3, 0.4) is 0 Å². The Morgan fingerprint density at radius 3 is 2.79 bits per heavy atom. The molecule has 1 aromatic rings. The molecule has 0 aliphatic carbocycles. The molecule has 0 aromatic heterocycles. The number of hydrogen-bond acceptors (Lipinski definition) is 3. The fraction of sp³-hybridized carbons (Fsp3) is 0.611. The van der Waals surface area contributed by atoms with E-state index in [0.29, 0.717) is 6.04 Å². The fourth-order valence-corrected chi connectivity index (χ4v) is 3.11. The lowest BCUT2D eigenvalue weighted by molar-refractivity contribution is 0.119. The van der Waals surface area contributed by atoms with Crippen molar-refractivity contribution in [1.82, 2.24) is 20.0 Å². The summed E-state index contributed by atoms with van der Waals surface area (Å²) >= 11 is 6.28. The van der Waals surface area contributed by atoms with Crippen LogP contribution in [0.25, 0.3) is 0 Å². The molecule has 1 aliphatic rings. The maximum atomic E-state index is 6.28. The van der Waals surface area contributed by atoms with Crippen molar-refractivity contribution < 1.29 is 0 Å². The first-order valence-corrected chi connectivity index (χ1v) is 9.00. The van der Waals surface area contributed by atoms with Gasteiger partial charge in [-0.3, -0.25) is 9.89 Å². The number of rotatable bonds is 5. The molecule has 1 fully saturated rings. The van der Waals surface area contributed by atoms with Crippen LogP contribution in [0, 0.1) is 0 Å². The molecule has 0 saturated carbocycles. The molecule has 5 nitrogen and oxygen atoms in total. The van der Waals surface area contributed by atoms with E-state index in [1.54, 1.807) is 0 Å². The minimum atomic E-state index is 0.464. The topological polar surface area (TPSA) is 34.1 Å². The van der Waals surface area contributed by atoms with E-state index in [4.69, 9.17) is 16.6 Å². The summed E-state index contributed by atoms with van der Waals surface area (Å²) in [7, 11) is 6.42. The summed E-state index contributed by atoms with van der Waals surface area (Å²) in [4.78, 5) is 11.8. The van der Waals surface area contributed by atoms with Gasteiger partial charge in [0.05, 0.1) is 6.54 Å². The van der Waals surface area contributed by atoms with Crippen LogP contribution in [0.1, 0.15) is 12.5 Å². The minimum Gasteiger partial charge on any atom is -0.357 e. The van der Waals surface area contributed by atoms with Crippen molar-refractivity contribution in [2.24, 2.45) is 4.99 Å². The Kier molecular flexibility index (Phi) is 7.34. The molecule has 24 heavy (non-hydrogen) atoms. The number of guanidine groups is 1. The zero-order valence-corrected chi connectivity index (χ0v) is 16.1. The van der Waals surface area contributed by atoms with Gasteiger partial charge in [-0.05, 0) is 32.6 Å². The van der Waals surface area contributed by atoms with Crippen LogP contribution < -0.4 is 5.32 Å². The lowest BCUT2D eigenvalue weighted by atomic mass is 10.2. The summed E-state index contributed by atoms with van der Waals surface area (Å²) in [6, 6.07) is 8.44. The smallest absolute Gasteiger partial charge is 0.194 e. The van der Waals surface area contributed by atoms with E-state index in [9.17, 15) is 0 Å². The summed E-state index contributed by atoms with van der Waals surface area (Å²) < 4.78 is 0. The number of likely N-dealkylation sites (N-methyl/N-ethyl adjacent to an activating group) is 2. The van der Waals surface area contributed by atoms with Gasteiger partial charge in [-0.1, -0.05) is 29.8 Å². The van der Waals surface area contributed by atoms with Crippen LogP contribution in [0.15, 0.2) is 29.3 Å². The van der Waals surface area contributed by atoms with Crippen molar-refractivity contribution in [3.05, 3.63) is 34.9 Å². The first-order chi connectivity index (χ1) is 11.5. The molecule has 0 spiro atoms. The van der Waals surface area contributed by atoms with Gasteiger partial charge in [-0.25, -0.2) is 0 Å². The predicted octanol–water partition coefficient (Wildman–Crippen LogP) is 1.98. The van der Waals surface area contributed by atoms with Gasteiger partial charge in [-0.15, -0.1) is 0 Å². The van der Waals surface area contributed by atoms with Crippen molar-refractivity contribution in [3.8, 4) is 0 Å². The molecule has 1 N–H and O–H groups in total. The van der Waals surface area contributed by atoms with Crippen molar-refractivity contribution in [1.29, 1.82) is 0 Å². The van der Waals surface area contributed by atoms with E-state index >= 15 is 0 Å². The van der Waals surface area contributed by atoms with Gasteiger partial charge in [0.2, 0.25) is 0 Å².